The summed E-state index contributed by atoms with van der Waals surface area (Å²) in [6, 6.07) is 9.22. The Kier molecular flexibility index (Phi) is 3.55. The first-order chi connectivity index (χ1) is 8.09. The van der Waals surface area contributed by atoms with Crippen molar-refractivity contribution in [3.8, 4) is 0 Å². The molecule has 2 heteroatoms. The molecule has 1 aromatic carbocycles. The minimum atomic E-state index is -0.0166. The van der Waals surface area contributed by atoms with E-state index in [1.165, 1.54) is 17.5 Å². The van der Waals surface area contributed by atoms with Crippen LogP contribution in [-0.4, -0.2) is 12.6 Å². The molecule has 0 aliphatic heterocycles. The van der Waals surface area contributed by atoms with Gasteiger partial charge in [-0.15, -0.1) is 0 Å². The molecule has 2 atom stereocenters. The van der Waals surface area contributed by atoms with Gasteiger partial charge in [0.25, 0.3) is 0 Å². The fourth-order valence-corrected chi connectivity index (χ4v) is 3.09. The minimum Gasteiger partial charge on any atom is -0.328 e. The highest BCUT2D eigenvalue weighted by Gasteiger charge is 2.37. The first-order valence-electron chi connectivity index (χ1n) is 6.66. The summed E-state index contributed by atoms with van der Waals surface area (Å²) in [6.45, 7) is 7.37. The van der Waals surface area contributed by atoms with Crippen molar-refractivity contribution in [2.24, 2.45) is 5.73 Å². The first-order valence-corrected chi connectivity index (χ1v) is 6.66. The molecule has 0 heterocycles. The fourth-order valence-electron chi connectivity index (χ4n) is 3.09. The molecule has 1 aliphatic carbocycles. The van der Waals surface area contributed by atoms with Gasteiger partial charge in [0.2, 0.25) is 0 Å². The third-order valence-electron chi connectivity index (χ3n) is 3.92. The SMILES string of the molecule is CC(C)NC1(CN)CCC(C)c2ccccc21. The molecule has 0 amide bonds. The van der Waals surface area contributed by atoms with E-state index in [0.29, 0.717) is 18.5 Å². The number of nitrogens with one attached hydrogen (secondary N) is 1. The highest BCUT2D eigenvalue weighted by atomic mass is 15.0. The minimum absolute atomic E-state index is 0.0166. The molecular weight excluding hydrogens is 208 g/mol. The zero-order chi connectivity index (χ0) is 12.5. The summed E-state index contributed by atoms with van der Waals surface area (Å²) < 4.78 is 0. The molecule has 2 nitrogen and oxygen atoms in total. The van der Waals surface area contributed by atoms with Crippen LogP contribution in [0.1, 0.15) is 50.7 Å². The Morgan fingerprint density at radius 2 is 2.12 bits per heavy atom. The van der Waals surface area contributed by atoms with Gasteiger partial charge in [0.05, 0.1) is 5.54 Å². The summed E-state index contributed by atoms with van der Waals surface area (Å²) in [7, 11) is 0. The van der Waals surface area contributed by atoms with Crippen molar-refractivity contribution in [1.29, 1.82) is 0 Å². The number of hydrogen-bond acceptors (Lipinski definition) is 2. The van der Waals surface area contributed by atoms with Crippen LogP contribution in [0.2, 0.25) is 0 Å². The summed E-state index contributed by atoms with van der Waals surface area (Å²) >= 11 is 0. The molecule has 0 fully saturated rings. The van der Waals surface area contributed by atoms with Gasteiger partial charge in [0.1, 0.15) is 0 Å². The quantitative estimate of drug-likeness (QED) is 0.841. The molecule has 0 saturated heterocycles. The monoisotopic (exact) mass is 232 g/mol. The van der Waals surface area contributed by atoms with Gasteiger partial charge in [-0.25, -0.2) is 0 Å². The number of nitrogens with two attached hydrogens (primary N) is 1. The van der Waals surface area contributed by atoms with E-state index >= 15 is 0 Å². The lowest BCUT2D eigenvalue weighted by molar-refractivity contribution is 0.260. The molecule has 0 saturated carbocycles. The van der Waals surface area contributed by atoms with Crippen LogP contribution >= 0.6 is 0 Å². The molecule has 0 aromatic heterocycles. The average molecular weight is 232 g/mol. The Labute approximate surface area is 105 Å². The van der Waals surface area contributed by atoms with Crippen LogP contribution in [0, 0.1) is 0 Å². The lowest BCUT2D eigenvalue weighted by atomic mass is 9.72. The van der Waals surface area contributed by atoms with Crippen LogP contribution in [0.25, 0.3) is 0 Å². The van der Waals surface area contributed by atoms with E-state index in [1.807, 2.05) is 0 Å². The predicted molar refractivity (Wildman–Crippen MR) is 73.1 cm³/mol. The maximum Gasteiger partial charge on any atom is 0.0563 e. The van der Waals surface area contributed by atoms with E-state index in [2.05, 4.69) is 50.4 Å². The zero-order valence-corrected chi connectivity index (χ0v) is 11.2. The van der Waals surface area contributed by atoms with E-state index in [-0.39, 0.29) is 5.54 Å². The van der Waals surface area contributed by atoms with Gasteiger partial charge in [-0.05, 0) is 43.7 Å². The molecule has 3 N–H and O–H groups in total. The van der Waals surface area contributed by atoms with E-state index in [0.717, 1.165) is 6.42 Å². The Hall–Kier alpha value is -0.860. The number of hydrogen-bond donors (Lipinski definition) is 2. The third kappa shape index (κ3) is 2.24. The van der Waals surface area contributed by atoms with Gasteiger partial charge in [0.15, 0.2) is 0 Å². The van der Waals surface area contributed by atoms with Crippen LogP contribution in [0.5, 0.6) is 0 Å². The third-order valence-corrected chi connectivity index (χ3v) is 3.92. The van der Waals surface area contributed by atoms with E-state index in [9.17, 15) is 0 Å². The van der Waals surface area contributed by atoms with Crippen LogP contribution in [0.4, 0.5) is 0 Å². The number of benzene rings is 1. The van der Waals surface area contributed by atoms with Crippen molar-refractivity contribution in [2.45, 2.75) is 51.1 Å². The lowest BCUT2D eigenvalue weighted by Gasteiger charge is -2.42. The molecule has 2 rings (SSSR count). The van der Waals surface area contributed by atoms with Crippen LogP contribution in [0.3, 0.4) is 0 Å². The van der Waals surface area contributed by atoms with Crippen LogP contribution < -0.4 is 11.1 Å². The van der Waals surface area contributed by atoms with E-state index < -0.39 is 0 Å². The predicted octanol–water partition coefficient (Wildman–Crippen LogP) is 2.74. The number of rotatable bonds is 3. The normalized spacial score (nSPS) is 28.2. The molecule has 1 aliphatic rings. The Morgan fingerprint density at radius 3 is 2.76 bits per heavy atom. The molecular formula is C15H24N2. The van der Waals surface area contributed by atoms with Crippen LogP contribution in [0.15, 0.2) is 24.3 Å². The maximum atomic E-state index is 6.08. The van der Waals surface area contributed by atoms with Crippen molar-refractivity contribution in [3.63, 3.8) is 0 Å². The van der Waals surface area contributed by atoms with Gasteiger partial charge in [0, 0.05) is 12.6 Å². The fraction of sp³-hybridized carbons (Fsp3) is 0.600. The van der Waals surface area contributed by atoms with Crippen molar-refractivity contribution < 1.29 is 0 Å². The summed E-state index contributed by atoms with van der Waals surface area (Å²) in [5.74, 6) is 0.653. The van der Waals surface area contributed by atoms with E-state index in [1.54, 1.807) is 0 Å². The maximum absolute atomic E-state index is 6.08. The largest absolute Gasteiger partial charge is 0.328 e. The average Bonchev–Trinajstić information content (AvgIpc) is 2.33. The summed E-state index contributed by atoms with van der Waals surface area (Å²) in [6.07, 6.45) is 2.35. The van der Waals surface area contributed by atoms with Crippen molar-refractivity contribution >= 4 is 0 Å². The molecule has 0 radical (unpaired) electrons. The van der Waals surface area contributed by atoms with Gasteiger partial charge in [-0.2, -0.15) is 0 Å². The second kappa shape index (κ2) is 4.79. The van der Waals surface area contributed by atoms with Gasteiger partial charge in [-0.3, -0.25) is 0 Å². The highest BCUT2D eigenvalue weighted by molar-refractivity contribution is 5.39. The smallest absolute Gasteiger partial charge is 0.0563 e. The Morgan fingerprint density at radius 1 is 1.41 bits per heavy atom. The second-order valence-corrected chi connectivity index (χ2v) is 5.61. The van der Waals surface area contributed by atoms with E-state index in [4.69, 9.17) is 5.73 Å². The molecule has 0 bridgehead atoms. The highest BCUT2D eigenvalue weighted by Crippen LogP contribution is 2.40. The topological polar surface area (TPSA) is 38.0 Å². The molecule has 17 heavy (non-hydrogen) atoms. The standard InChI is InChI=1S/C15H24N2/c1-11(2)17-15(10-16)9-8-12(3)13-6-4-5-7-14(13)15/h4-7,11-12,17H,8-10,16H2,1-3H3. The van der Waals surface area contributed by atoms with Gasteiger partial charge in [-0.1, -0.05) is 31.2 Å². The number of fused-ring (bicyclic) bond motifs is 1. The Bertz CT molecular complexity index is 386. The summed E-state index contributed by atoms with van der Waals surface area (Å²) in [4.78, 5) is 0. The van der Waals surface area contributed by atoms with Crippen LogP contribution in [-0.2, 0) is 5.54 Å². The molecule has 0 spiro atoms. The first kappa shape index (κ1) is 12.6. The zero-order valence-electron chi connectivity index (χ0n) is 11.2. The van der Waals surface area contributed by atoms with Gasteiger partial charge >= 0.3 is 0 Å². The Balaban J connectivity index is 2.45. The van der Waals surface area contributed by atoms with Crippen molar-refractivity contribution in [1.82, 2.24) is 5.32 Å². The lowest BCUT2D eigenvalue weighted by Crippen LogP contribution is -2.53. The molecule has 2 unspecified atom stereocenters. The second-order valence-electron chi connectivity index (χ2n) is 5.61. The molecule has 94 valence electrons. The summed E-state index contributed by atoms with van der Waals surface area (Å²) in [5.41, 5.74) is 8.95. The van der Waals surface area contributed by atoms with Crippen molar-refractivity contribution in [3.05, 3.63) is 35.4 Å². The van der Waals surface area contributed by atoms with Crippen molar-refractivity contribution in [2.75, 3.05) is 6.54 Å². The molecule has 1 aromatic rings. The van der Waals surface area contributed by atoms with Gasteiger partial charge < -0.3 is 11.1 Å². The summed E-state index contributed by atoms with van der Waals surface area (Å²) in [5, 5.41) is 3.70.